The number of halogens is 4. The van der Waals surface area contributed by atoms with Crippen LogP contribution in [0.4, 0.5) is 17.6 Å². The van der Waals surface area contributed by atoms with E-state index in [-0.39, 0.29) is 29.2 Å². The van der Waals surface area contributed by atoms with Gasteiger partial charge in [-0.15, -0.1) is 0 Å². The number of hydrogen-bond acceptors (Lipinski definition) is 3. The van der Waals surface area contributed by atoms with Gasteiger partial charge in [-0.25, -0.2) is 12.8 Å². The number of benzene rings is 2. The van der Waals surface area contributed by atoms with Crippen molar-refractivity contribution in [2.75, 3.05) is 6.61 Å². The number of fused-ring (bicyclic) bond motifs is 3. The predicted molar refractivity (Wildman–Crippen MR) is 98.9 cm³/mol. The van der Waals surface area contributed by atoms with Gasteiger partial charge in [0.25, 0.3) is 0 Å². The van der Waals surface area contributed by atoms with E-state index >= 15 is 4.39 Å². The molecule has 2 aromatic rings. The maximum atomic E-state index is 15.0. The van der Waals surface area contributed by atoms with Crippen molar-refractivity contribution in [3.63, 3.8) is 0 Å². The number of sulfone groups is 1. The van der Waals surface area contributed by atoms with Crippen molar-refractivity contribution < 1.29 is 30.7 Å². The van der Waals surface area contributed by atoms with Gasteiger partial charge < -0.3 is 4.74 Å². The molecule has 2 aromatic carbocycles. The summed E-state index contributed by atoms with van der Waals surface area (Å²) >= 11 is 0. The zero-order valence-electron chi connectivity index (χ0n) is 15.7. The highest BCUT2D eigenvalue weighted by Crippen LogP contribution is 2.56. The maximum Gasteiger partial charge on any atom is 0.416 e. The van der Waals surface area contributed by atoms with Gasteiger partial charge in [-0.1, -0.05) is 18.9 Å². The first-order chi connectivity index (χ1) is 13.6. The van der Waals surface area contributed by atoms with E-state index in [2.05, 4.69) is 0 Å². The lowest BCUT2D eigenvalue weighted by Gasteiger charge is -2.47. The van der Waals surface area contributed by atoms with E-state index in [4.69, 9.17) is 4.74 Å². The summed E-state index contributed by atoms with van der Waals surface area (Å²) in [6, 6.07) is 6.24. The SMILES string of the molecule is Cc1ccc(F)c2c1OC[C@H]1CCCC[C@@]21S(=O)(=O)c1ccc(C(F)(F)F)cc1. The summed E-state index contributed by atoms with van der Waals surface area (Å²) in [4.78, 5) is -0.230. The molecule has 4 rings (SSSR count). The fraction of sp³-hybridized carbons (Fsp3) is 0.429. The molecule has 0 amide bonds. The number of alkyl halides is 3. The molecule has 1 heterocycles. The van der Waals surface area contributed by atoms with Crippen LogP contribution in [0.2, 0.25) is 0 Å². The largest absolute Gasteiger partial charge is 0.493 e. The summed E-state index contributed by atoms with van der Waals surface area (Å²) in [5.74, 6) is -0.890. The van der Waals surface area contributed by atoms with E-state index in [1.54, 1.807) is 6.92 Å². The Morgan fingerprint density at radius 3 is 2.41 bits per heavy atom. The van der Waals surface area contributed by atoms with Gasteiger partial charge >= 0.3 is 6.18 Å². The highest BCUT2D eigenvalue weighted by atomic mass is 32.2. The summed E-state index contributed by atoms with van der Waals surface area (Å²) in [5.41, 5.74) is -0.274. The van der Waals surface area contributed by atoms with E-state index in [0.29, 0.717) is 18.4 Å². The van der Waals surface area contributed by atoms with E-state index in [9.17, 15) is 21.6 Å². The third-order valence-corrected chi connectivity index (χ3v) is 8.73. The van der Waals surface area contributed by atoms with Gasteiger partial charge in [0.2, 0.25) is 0 Å². The Kier molecular flexibility index (Phi) is 4.68. The molecule has 0 bridgehead atoms. The molecule has 3 nitrogen and oxygen atoms in total. The van der Waals surface area contributed by atoms with Crippen molar-refractivity contribution in [2.24, 2.45) is 5.92 Å². The van der Waals surface area contributed by atoms with Crippen molar-refractivity contribution in [2.45, 2.75) is 48.4 Å². The molecule has 156 valence electrons. The molecule has 1 saturated carbocycles. The van der Waals surface area contributed by atoms with Crippen molar-refractivity contribution in [3.05, 3.63) is 58.9 Å². The Labute approximate surface area is 166 Å². The highest BCUT2D eigenvalue weighted by Gasteiger charge is 2.58. The standard InChI is InChI=1S/C21H20F4O3S/c1-13-5-10-17(22)18-19(13)28-12-15-4-2-3-11-20(15,18)29(26,27)16-8-6-14(7-9-16)21(23,24)25/h5-10,15H,2-4,11-12H2,1H3/t15-,20+/m1/s1. The van der Waals surface area contributed by atoms with Gasteiger partial charge in [-0.2, -0.15) is 13.2 Å². The van der Waals surface area contributed by atoms with Crippen LogP contribution in [0.15, 0.2) is 41.3 Å². The van der Waals surface area contributed by atoms with Crippen molar-refractivity contribution in [1.82, 2.24) is 0 Å². The summed E-state index contributed by atoms with van der Waals surface area (Å²) in [6.45, 7) is 1.86. The third kappa shape index (κ3) is 2.95. The van der Waals surface area contributed by atoms with Crippen LogP contribution in [0, 0.1) is 18.7 Å². The van der Waals surface area contributed by atoms with Gasteiger partial charge in [0, 0.05) is 5.92 Å². The molecule has 1 fully saturated rings. The first-order valence-corrected chi connectivity index (χ1v) is 10.9. The number of hydrogen-bond donors (Lipinski definition) is 0. The first-order valence-electron chi connectivity index (χ1n) is 9.43. The highest BCUT2D eigenvalue weighted by molar-refractivity contribution is 7.92. The summed E-state index contributed by atoms with van der Waals surface area (Å²) in [7, 11) is -4.19. The molecule has 1 aliphatic heterocycles. The average Bonchev–Trinajstić information content (AvgIpc) is 2.69. The van der Waals surface area contributed by atoms with E-state index in [1.165, 1.54) is 12.1 Å². The Bertz CT molecular complexity index is 1040. The summed E-state index contributed by atoms with van der Waals surface area (Å²) < 4.78 is 85.7. The molecule has 0 aromatic heterocycles. The fourth-order valence-electron chi connectivity index (χ4n) is 4.71. The van der Waals surface area contributed by atoms with Gasteiger partial charge in [-0.05, 0) is 55.7 Å². The molecule has 0 saturated heterocycles. The van der Waals surface area contributed by atoms with Gasteiger partial charge in [0.15, 0.2) is 9.84 Å². The quantitative estimate of drug-likeness (QED) is 0.601. The molecule has 8 heteroatoms. The molecule has 2 atom stereocenters. The van der Waals surface area contributed by atoms with Gasteiger partial charge in [0.05, 0.1) is 22.6 Å². The van der Waals surface area contributed by atoms with Crippen LogP contribution >= 0.6 is 0 Å². The minimum absolute atomic E-state index is 0.0216. The fourth-order valence-corrected chi connectivity index (χ4v) is 7.12. The number of aryl methyl sites for hydroxylation is 1. The number of ether oxygens (including phenoxy) is 1. The van der Waals surface area contributed by atoms with Crippen LogP contribution < -0.4 is 4.74 Å². The summed E-state index contributed by atoms with van der Waals surface area (Å²) in [6.07, 6.45) is -2.43. The van der Waals surface area contributed by atoms with E-state index in [0.717, 1.165) is 30.7 Å². The van der Waals surface area contributed by atoms with Crippen molar-refractivity contribution >= 4 is 9.84 Å². The molecule has 0 unspecified atom stereocenters. The second kappa shape index (κ2) is 6.72. The Morgan fingerprint density at radius 1 is 1.07 bits per heavy atom. The van der Waals surface area contributed by atoms with Crippen LogP contribution in [-0.2, 0) is 20.8 Å². The van der Waals surface area contributed by atoms with Crippen LogP contribution in [0.3, 0.4) is 0 Å². The zero-order valence-corrected chi connectivity index (χ0v) is 16.5. The molecular formula is C21H20F4O3S. The monoisotopic (exact) mass is 428 g/mol. The Balaban J connectivity index is 1.94. The molecule has 1 aliphatic carbocycles. The lowest BCUT2D eigenvalue weighted by atomic mass is 9.72. The summed E-state index contributed by atoms with van der Waals surface area (Å²) in [5, 5.41) is 0. The molecule has 0 spiro atoms. The second-order valence-electron chi connectivity index (χ2n) is 7.74. The average molecular weight is 428 g/mol. The first kappa shape index (κ1) is 20.2. The zero-order chi connectivity index (χ0) is 21.0. The molecule has 2 aliphatic rings. The van der Waals surface area contributed by atoms with Crippen LogP contribution in [0.1, 0.15) is 42.4 Å². The molecule has 0 radical (unpaired) electrons. The topological polar surface area (TPSA) is 43.4 Å². The minimum atomic E-state index is -4.57. The van der Waals surface area contributed by atoms with Gasteiger partial charge in [0.1, 0.15) is 16.3 Å². The van der Waals surface area contributed by atoms with Crippen LogP contribution in [0.25, 0.3) is 0 Å². The smallest absolute Gasteiger partial charge is 0.416 e. The van der Waals surface area contributed by atoms with E-state index < -0.39 is 38.1 Å². The van der Waals surface area contributed by atoms with Gasteiger partial charge in [-0.3, -0.25) is 0 Å². The van der Waals surface area contributed by atoms with Crippen molar-refractivity contribution in [1.29, 1.82) is 0 Å². The van der Waals surface area contributed by atoms with Crippen LogP contribution in [0.5, 0.6) is 5.75 Å². The number of rotatable bonds is 2. The molecule has 29 heavy (non-hydrogen) atoms. The lowest BCUT2D eigenvalue weighted by molar-refractivity contribution is -0.137. The third-order valence-electron chi connectivity index (χ3n) is 6.14. The Morgan fingerprint density at radius 2 is 1.76 bits per heavy atom. The molecular weight excluding hydrogens is 408 g/mol. The van der Waals surface area contributed by atoms with E-state index in [1.807, 2.05) is 0 Å². The second-order valence-corrected chi connectivity index (χ2v) is 9.94. The lowest BCUT2D eigenvalue weighted by Crippen LogP contribution is -2.50. The predicted octanol–water partition coefficient (Wildman–Crippen LogP) is 5.40. The maximum absolute atomic E-state index is 15.0. The molecule has 0 N–H and O–H groups in total. The van der Waals surface area contributed by atoms with Crippen molar-refractivity contribution in [3.8, 4) is 5.75 Å². The minimum Gasteiger partial charge on any atom is -0.493 e. The normalized spacial score (nSPS) is 24.4. The van der Waals surface area contributed by atoms with Crippen LogP contribution in [-0.4, -0.2) is 15.0 Å². The Hall–Kier alpha value is -2.09.